The number of rotatable bonds is 5. The lowest BCUT2D eigenvalue weighted by atomic mass is 10.0. The normalized spacial score (nSPS) is 18.8. The van der Waals surface area contributed by atoms with Crippen molar-refractivity contribution in [2.45, 2.75) is 18.6 Å². The van der Waals surface area contributed by atoms with Crippen LogP contribution in [0.4, 0.5) is 0 Å². The minimum absolute atomic E-state index is 0.0577. The summed E-state index contributed by atoms with van der Waals surface area (Å²) in [6.45, 7) is 0.574. The van der Waals surface area contributed by atoms with Crippen LogP contribution in [0, 0.1) is 0 Å². The molecule has 1 aliphatic heterocycles. The van der Waals surface area contributed by atoms with E-state index in [4.69, 9.17) is 16.6 Å². The summed E-state index contributed by atoms with van der Waals surface area (Å²) in [5, 5.41) is 4.16. The predicted molar refractivity (Wildman–Crippen MR) is 113 cm³/mol. The van der Waals surface area contributed by atoms with E-state index in [1.807, 2.05) is 67.1 Å². The largest absolute Gasteiger partial charge is 0.467 e. The van der Waals surface area contributed by atoms with E-state index >= 15 is 0 Å². The molecule has 6 nitrogen and oxygen atoms in total. The molecule has 144 valence electrons. The SMILES string of the molecule is S=C1N[C@H](c2ccccn2)[C@H](c2cccn2-c2cccnc2)N1Cc1ccco1. The fourth-order valence-corrected chi connectivity index (χ4v) is 4.14. The second kappa shape index (κ2) is 7.52. The molecule has 29 heavy (non-hydrogen) atoms. The van der Waals surface area contributed by atoms with Crippen LogP contribution in [0.5, 0.6) is 0 Å². The van der Waals surface area contributed by atoms with Gasteiger partial charge < -0.3 is 19.2 Å². The molecule has 4 aromatic heterocycles. The zero-order chi connectivity index (χ0) is 19.6. The van der Waals surface area contributed by atoms with Gasteiger partial charge in [0.25, 0.3) is 0 Å². The first-order valence-corrected chi connectivity index (χ1v) is 9.80. The molecule has 1 fully saturated rings. The number of thiocarbonyl (C=S) groups is 1. The topological polar surface area (TPSA) is 59.1 Å². The summed E-state index contributed by atoms with van der Waals surface area (Å²) in [7, 11) is 0. The van der Waals surface area contributed by atoms with Gasteiger partial charge in [0.15, 0.2) is 5.11 Å². The van der Waals surface area contributed by atoms with Crippen LogP contribution in [0.15, 0.2) is 90.1 Å². The monoisotopic (exact) mass is 401 g/mol. The lowest BCUT2D eigenvalue weighted by Crippen LogP contribution is -2.29. The highest BCUT2D eigenvalue weighted by Crippen LogP contribution is 2.40. The third kappa shape index (κ3) is 3.30. The van der Waals surface area contributed by atoms with Gasteiger partial charge in [0.1, 0.15) is 5.76 Å². The van der Waals surface area contributed by atoms with Crippen molar-refractivity contribution in [2.75, 3.05) is 0 Å². The highest BCUT2D eigenvalue weighted by atomic mass is 32.1. The minimum atomic E-state index is -0.0796. The van der Waals surface area contributed by atoms with E-state index in [-0.39, 0.29) is 12.1 Å². The summed E-state index contributed by atoms with van der Waals surface area (Å²) < 4.78 is 7.75. The van der Waals surface area contributed by atoms with Gasteiger partial charge in [-0.2, -0.15) is 0 Å². The quantitative estimate of drug-likeness (QED) is 0.510. The average molecular weight is 401 g/mol. The Balaban J connectivity index is 1.61. The summed E-state index contributed by atoms with van der Waals surface area (Å²) in [4.78, 5) is 11.0. The highest BCUT2D eigenvalue weighted by Gasteiger charge is 2.41. The molecule has 0 saturated carbocycles. The maximum atomic E-state index is 5.73. The number of furan rings is 1. The summed E-state index contributed by atoms with van der Waals surface area (Å²) >= 11 is 5.73. The van der Waals surface area contributed by atoms with Gasteiger partial charge in [-0.15, -0.1) is 0 Å². The average Bonchev–Trinajstić information content (AvgIpc) is 3.51. The lowest BCUT2D eigenvalue weighted by Gasteiger charge is -2.28. The van der Waals surface area contributed by atoms with Crippen molar-refractivity contribution in [3.63, 3.8) is 0 Å². The second-order valence-corrected chi connectivity index (χ2v) is 7.23. The number of nitrogens with one attached hydrogen (secondary N) is 1. The Labute approximate surface area is 173 Å². The number of hydrogen-bond acceptors (Lipinski definition) is 4. The maximum absolute atomic E-state index is 5.73. The van der Waals surface area contributed by atoms with Gasteiger partial charge in [-0.1, -0.05) is 6.07 Å². The number of hydrogen-bond donors (Lipinski definition) is 1. The minimum Gasteiger partial charge on any atom is -0.467 e. The first-order chi connectivity index (χ1) is 14.3. The van der Waals surface area contributed by atoms with E-state index in [0.29, 0.717) is 11.7 Å². The van der Waals surface area contributed by atoms with Gasteiger partial charge >= 0.3 is 0 Å². The first kappa shape index (κ1) is 17.6. The Kier molecular flexibility index (Phi) is 4.57. The van der Waals surface area contributed by atoms with Gasteiger partial charge in [0, 0.05) is 24.3 Å². The van der Waals surface area contributed by atoms with Crippen molar-refractivity contribution < 1.29 is 4.42 Å². The standard InChI is InChI=1S/C22H19N5OS/c29-22-25-20(18-8-1-2-11-24-18)21(27(22)15-17-7-5-13-28-17)19-9-4-12-26(19)16-6-3-10-23-14-16/h1-14,20-21H,15H2,(H,25,29)/t20-,21+/m1/s1. The molecule has 0 spiro atoms. The lowest BCUT2D eigenvalue weighted by molar-refractivity contribution is 0.280. The van der Waals surface area contributed by atoms with Crippen LogP contribution in [-0.4, -0.2) is 24.5 Å². The molecule has 4 aromatic rings. The van der Waals surface area contributed by atoms with Crippen molar-refractivity contribution >= 4 is 17.3 Å². The van der Waals surface area contributed by atoms with E-state index in [9.17, 15) is 0 Å². The van der Waals surface area contributed by atoms with Gasteiger partial charge in [0.05, 0.1) is 42.5 Å². The number of nitrogens with zero attached hydrogens (tertiary/aromatic N) is 4. The number of aromatic nitrogens is 3. The van der Waals surface area contributed by atoms with Crippen LogP contribution in [0.25, 0.3) is 5.69 Å². The molecule has 0 radical (unpaired) electrons. The van der Waals surface area contributed by atoms with Gasteiger partial charge in [0.2, 0.25) is 0 Å². The third-order valence-electron chi connectivity index (χ3n) is 5.11. The van der Waals surface area contributed by atoms with Crippen molar-refractivity contribution in [1.29, 1.82) is 0 Å². The summed E-state index contributed by atoms with van der Waals surface area (Å²) in [5.41, 5.74) is 3.05. The second-order valence-electron chi connectivity index (χ2n) is 6.85. The van der Waals surface area contributed by atoms with Gasteiger partial charge in [-0.05, 0) is 60.7 Å². The van der Waals surface area contributed by atoms with E-state index in [1.54, 1.807) is 12.5 Å². The molecule has 0 aromatic carbocycles. The van der Waals surface area contributed by atoms with Crippen LogP contribution in [-0.2, 0) is 6.54 Å². The Bertz CT molecular complexity index is 1090. The number of pyridine rings is 2. The van der Waals surface area contributed by atoms with E-state index in [0.717, 1.165) is 22.8 Å². The molecule has 5 rings (SSSR count). The summed E-state index contributed by atoms with van der Waals surface area (Å²) in [6, 6.07) is 17.8. The molecule has 1 saturated heterocycles. The zero-order valence-electron chi connectivity index (χ0n) is 15.6. The van der Waals surface area contributed by atoms with Crippen LogP contribution >= 0.6 is 12.2 Å². The Morgan fingerprint density at radius 3 is 2.76 bits per heavy atom. The zero-order valence-corrected chi connectivity index (χ0v) is 16.4. The smallest absolute Gasteiger partial charge is 0.170 e. The van der Waals surface area contributed by atoms with Crippen LogP contribution in [0.3, 0.4) is 0 Å². The fraction of sp³-hybridized carbons (Fsp3) is 0.136. The molecular formula is C22H19N5OS. The van der Waals surface area contributed by atoms with Crippen molar-refractivity contribution in [3.8, 4) is 5.69 Å². The van der Waals surface area contributed by atoms with E-state index in [1.165, 1.54) is 0 Å². The Morgan fingerprint density at radius 1 is 1.03 bits per heavy atom. The third-order valence-corrected chi connectivity index (χ3v) is 5.46. The van der Waals surface area contributed by atoms with Gasteiger partial charge in [-0.3, -0.25) is 9.97 Å². The maximum Gasteiger partial charge on any atom is 0.170 e. The Hall–Kier alpha value is -3.45. The molecule has 0 aliphatic carbocycles. The molecule has 5 heterocycles. The van der Waals surface area contributed by atoms with Crippen molar-refractivity contribution in [1.82, 2.24) is 24.8 Å². The van der Waals surface area contributed by atoms with Gasteiger partial charge in [-0.25, -0.2) is 0 Å². The molecule has 0 bridgehead atoms. The Morgan fingerprint density at radius 2 is 2.00 bits per heavy atom. The molecule has 1 aliphatic rings. The van der Waals surface area contributed by atoms with Crippen LogP contribution < -0.4 is 5.32 Å². The summed E-state index contributed by atoms with van der Waals surface area (Å²) in [6.07, 6.45) is 9.18. The molecule has 1 N–H and O–H groups in total. The predicted octanol–water partition coefficient (Wildman–Crippen LogP) is 4.03. The molecular weight excluding hydrogens is 382 g/mol. The van der Waals surface area contributed by atoms with Crippen LogP contribution in [0.1, 0.15) is 29.2 Å². The molecule has 0 unspecified atom stereocenters. The van der Waals surface area contributed by atoms with Crippen molar-refractivity contribution in [3.05, 3.63) is 103 Å². The highest BCUT2D eigenvalue weighted by molar-refractivity contribution is 7.80. The van der Waals surface area contributed by atoms with Crippen molar-refractivity contribution in [2.24, 2.45) is 0 Å². The van der Waals surface area contributed by atoms with Crippen LogP contribution in [0.2, 0.25) is 0 Å². The fourth-order valence-electron chi connectivity index (χ4n) is 3.83. The van der Waals surface area contributed by atoms with E-state index in [2.05, 4.69) is 30.8 Å². The molecule has 0 amide bonds. The molecule has 7 heteroatoms. The first-order valence-electron chi connectivity index (χ1n) is 9.39. The molecule has 2 atom stereocenters. The van der Waals surface area contributed by atoms with E-state index < -0.39 is 0 Å². The summed E-state index contributed by atoms with van der Waals surface area (Å²) in [5.74, 6) is 0.861.